The highest BCUT2D eigenvalue weighted by Gasteiger charge is 2.29. The van der Waals surface area contributed by atoms with E-state index in [1.807, 2.05) is 48.2 Å². The fraction of sp³-hybridized carbons (Fsp3) is 0.476. The average molecular weight is 369 g/mol. The predicted octanol–water partition coefficient (Wildman–Crippen LogP) is 2.72. The van der Waals surface area contributed by atoms with Gasteiger partial charge in [-0.05, 0) is 32.3 Å². The van der Waals surface area contributed by atoms with Crippen molar-refractivity contribution in [1.29, 1.82) is 5.26 Å². The van der Waals surface area contributed by atoms with Gasteiger partial charge in [0.15, 0.2) is 0 Å². The van der Waals surface area contributed by atoms with Crippen LogP contribution < -0.4 is 0 Å². The molecule has 0 aliphatic carbocycles. The first-order valence-electron chi connectivity index (χ1n) is 9.44. The van der Waals surface area contributed by atoms with Crippen molar-refractivity contribution in [3.8, 4) is 6.07 Å². The van der Waals surface area contributed by atoms with Crippen LogP contribution in [0.1, 0.15) is 32.3 Å². The molecule has 0 atom stereocenters. The number of nitrogens with zero attached hydrogens (tertiary/aromatic N) is 3. The second-order valence-corrected chi connectivity index (χ2v) is 6.52. The van der Waals surface area contributed by atoms with E-state index in [9.17, 15) is 14.9 Å². The molecule has 1 fully saturated rings. The topological polar surface area (TPSA) is 73.6 Å². The fourth-order valence-electron chi connectivity index (χ4n) is 3.13. The van der Waals surface area contributed by atoms with Crippen LogP contribution in [0.2, 0.25) is 0 Å². The lowest BCUT2D eigenvalue weighted by atomic mass is 9.96. The summed E-state index contributed by atoms with van der Waals surface area (Å²) in [5, 5.41) is 9.48. The maximum absolute atomic E-state index is 12.7. The van der Waals surface area contributed by atoms with Crippen molar-refractivity contribution in [2.75, 3.05) is 26.2 Å². The number of rotatable bonds is 7. The van der Waals surface area contributed by atoms with Gasteiger partial charge in [0.1, 0.15) is 11.6 Å². The van der Waals surface area contributed by atoms with Crippen molar-refractivity contribution in [1.82, 2.24) is 9.80 Å². The molecule has 6 nitrogen and oxygen atoms in total. The molecule has 1 saturated heterocycles. The Bertz CT molecular complexity index is 701. The molecular weight excluding hydrogens is 342 g/mol. The Balaban J connectivity index is 1.99. The largest absolute Gasteiger partial charge is 0.466 e. The van der Waals surface area contributed by atoms with Crippen LogP contribution in [0, 0.1) is 17.2 Å². The van der Waals surface area contributed by atoms with Crippen LogP contribution in [-0.4, -0.2) is 47.9 Å². The number of nitriles is 1. The van der Waals surface area contributed by atoms with Crippen LogP contribution in [0.3, 0.4) is 0 Å². The smallest absolute Gasteiger partial charge is 0.309 e. The van der Waals surface area contributed by atoms with Gasteiger partial charge in [-0.3, -0.25) is 9.59 Å². The van der Waals surface area contributed by atoms with Crippen molar-refractivity contribution in [2.45, 2.75) is 33.2 Å². The van der Waals surface area contributed by atoms with Gasteiger partial charge in [-0.1, -0.05) is 30.3 Å². The predicted molar refractivity (Wildman–Crippen MR) is 102 cm³/mol. The van der Waals surface area contributed by atoms with Gasteiger partial charge in [-0.2, -0.15) is 5.26 Å². The molecule has 1 heterocycles. The van der Waals surface area contributed by atoms with Gasteiger partial charge in [0.05, 0.1) is 12.5 Å². The molecule has 1 aliphatic heterocycles. The Kier molecular flexibility index (Phi) is 7.87. The molecule has 6 heteroatoms. The monoisotopic (exact) mass is 369 g/mol. The Morgan fingerprint density at radius 3 is 2.48 bits per heavy atom. The second-order valence-electron chi connectivity index (χ2n) is 6.52. The number of carbonyl (C=O) groups excluding carboxylic acids is 2. The highest BCUT2D eigenvalue weighted by molar-refractivity contribution is 5.97. The molecule has 144 valence electrons. The minimum absolute atomic E-state index is 0.127. The maximum Gasteiger partial charge on any atom is 0.309 e. The van der Waals surface area contributed by atoms with Crippen LogP contribution >= 0.6 is 0 Å². The van der Waals surface area contributed by atoms with Crippen LogP contribution in [0.4, 0.5) is 0 Å². The van der Waals surface area contributed by atoms with E-state index >= 15 is 0 Å². The molecule has 0 spiro atoms. The normalized spacial score (nSPS) is 15.1. The first-order valence-corrected chi connectivity index (χ1v) is 9.44. The van der Waals surface area contributed by atoms with E-state index in [4.69, 9.17) is 4.74 Å². The molecule has 0 unspecified atom stereocenters. The highest BCUT2D eigenvalue weighted by Crippen LogP contribution is 2.20. The molecule has 0 aromatic heterocycles. The zero-order valence-corrected chi connectivity index (χ0v) is 16.1. The molecule has 27 heavy (non-hydrogen) atoms. The first kappa shape index (κ1) is 20.5. The third kappa shape index (κ3) is 5.85. The number of hydrogen-bond acceptors (Lipinski definition) is 5. The second kappa shape index (κ2) is 10.4. The minimum Gasteiger partial charge on any atom is -0.466 e. The van der Waals surface area contributed by atoms with E-state index in [0.29, 0.717) is 45.6 Å². The summed E-state index contributed by atoms with van der Waals surface area (Å²) in [7, 11) is 0. The summed E-state index contributed by atoms with van der Waals surface area (Å²) < 4.78 is 5.06. The Hall–Kier alpha value is -2.81. The van der Waals surface area contributed by atoms with E-state index in [1.165, 1.54) is 0 Å². The quantitative estimate of drug-likeness (QED) is 0.420. The lowest BCUT2D eigenvalue weighted by molar-refractivity contribution is -0.150. The number of ether oxygens (including phenoxy) is 1. The van der Waals surface area contributed by atoms with Crippen LogP contribution in [0.15, 0.2) is 42.1 Å². The lowest BCUT2D eigenvalue weighted by Crippen LogP contribution is -2.41. The number of likely N-dealkylation sites (tertiary alicyclic amines) is 1. The van der Waals surface area contributed by atoms with Gasteiger partial charge in [-0.25, -0.2) is 0 Å². The van der Waals surface area contributed by atoms with E-state index in [0.717, 1.165) is 5.56 Å². The number of benzene rings is 1. The summed E-state index contributed by atoms with van der Waals surface area (Å²) in [6, 6.07) is 12.0. The van der Waals surface area contributed by atoms with Crippen molar-refractivity contribution in [3.05, 3.63) is 47.7 Å². The third-order valence-corrected chi connectivity index (χ3v) is 4.70. The zero-order chi connectivity index (χ0) is 19.6. The number of esters is 1. The van der Waals surface area contributed by atoms with E-state index in [2.05, 4.69) is 0 Å². The van der Waals surface area contributed by atoms with Crippen molar-refractivity contribution in [3.63, 3.8) is 0 Å². The van der Waals surface area contributed by atoms with Gasteiger partial charge in [-0.15, -0.1) is 0 Å². The lowest BCUT2D eigenvalue weighted by Gasteiger charge is -2.31. The first-order chi connectivity index (χ1) is 13.1. The van der Waals surface area contributed by atoms with Gasteiger partial charge >= 0.3 is 5.97 Å². The summed E-state index contributed by atoms with van der Waals surface area (Å²) in [4.78, 5) is 28.2. The van der Waals surface area contributed by atoms with Crippen molar-refractivity contribution in [2.24, 2.45) is 5.92 Å². The van der Waals surface area contributed by atoms with E-state index in [-0.39, 0.29) is 23.4 Å². The molecule has 1 aliphatic rings. The van der Waals surface area contributed by atoms with Gasteiger partial charge in [0, 0.05) is 32.4 Å². The Morgan fingerprint density at radius 2 is 1.93 bits per heavy atom. The molecular formula is C21H27N3O3. The summed E-state index contributed by atoms with van der Waals surface area (Å²) >= 11 is 0. The van der Waals surface area contributed by atoms with Crippen LogP contribution in [0.5, 0.6) is 0 Å². The summed E-state index contributed by atoms with van der Waals surface area (Å²) in [6.07, 6.45) is 2.79. The molecule has 0 radical (unpaired) electrons. The Morgan fingerprint density at radius 1 is 1.26 bits per heavy atom. The highest BCUT2D eigenvalue weighted by atomic mass is 16.5. The molecule has 1 aromatic rings. The zero-order valence-electron chi connectivity index (χ0n) is 16.1. The Labute approximate surface area is 161 Å². The van der Waals surface area contributed by atoms with Gasteiger partial charge in [0.25, 0.3) is 5.91 Å². The average Bonchev–Trinajstić information content (AvgIpc) is 2.71. The van der Waals surface area contributed by atoms with Crippen LogP contribution in [0.25, 0.3) is 0 Å². The molecule has 0 saturated carbocycles. The number of carbonyl (C=O) groups is 2. The number of piperidine rings is 1. The SMILES string of the molecule is CCOC(=O)C1CCN(C(=O)/C(C#N)=C\N(CC)Cc2ccccc2)CC1. The molecule has 0 bridgehead atoms. The summed E-state index contributed by atoms with van der Waals surface area (Å²) in [5.41, 5.74) is 1.25. The van der Waals surface area contributed by atoms with E-state index in [1.54, 1.807) is 18.0 Å². The summed E-state index contributed by atoms with van der Waals surface area (Å²) in [5.74, 6) is -0.624. The van der Waals surface area contributed by atoms with Crippen molar-refractivity contribution < 1.29 is 14.3 Å². The molecule has 0 N–H and O–H groups in total. The number of hydrogen-bond donors (Lipinski definition) is 0. The van der Waals surface area contributed by atoms with Gasteiger partial charge in [0.2, 0.25) is 0 Å². The summed E-state index contributed by atoms with van der Waals surface area (Å²) in [6.45, 7) is 6.41. The van der Waals surface area contributed by atoms with Gasteiger partial charge < -0.3 is 14.5 Å². The van der Waals surface area contributed by atoms with Crippen molar-refractivity contribution >= 4 is 11.9 Å². The fourth-order valence-corrected chi connectivity index (χ4v) is 3.13. The minimum atomic E-state index is -0.272. The third-order valence-electron chi connectivity index (χ3n) is 4.70. The molecule has 1 amide bonds. The van der Waals surface area contributed by atoms with Crippen LogP contribution in [-0.2, 0) is 20.9 Å². The maximum atomic E-state index is 12.7. The molecule has 2 rings (SSSR count). The number of amides is 1. The van der Waals surface area contributed by atoms with E-state index < -0.39 is 0 Å². The molecule has 1 aromatic carbocycles. The standard InChI is InChI=1S/C21H27N3O3/c1-3-23(15-17-8-6-5-7-9-17)16-19(14-22)20(25)24-12-10-18(11-13-24)21(26)27-4-2/h5-9,16,18H,3-4,10-13,15H2,1-2H3/b19-16-.